The monoisotopic (exact) mass is 636 g/mol. The van der Waals surface area contributed by atoms with Gasteiger partial charge in [0, 0.05) is 21.2 Å². The molecule has 0 N–H and O–H groups in total. The Hall–Kier alpha value is -3.85. The number of ether oxygens (including phenoxy) is 3. The molecule has 10 heteroatoms. The van der Waals surface area contributed by atoms with Gasteiger partial charge in [-0.25, -0.2) is 9.79 Å². The maximum Gasteiger partial charge on any atom is 0.338 e. The van der Waals surface area contributed by atoms with Gasteiger partial charge in [0.2, 0.25) is 0 Å². The number of hydrogen-bond donors (Lipinski definition) is 0. The van der Waals surface area contributed by atoms with Gasteiger partial charge in [0.1, 0.15) is 24.1 Å². The molecule has 0 aliphatic carbocycles. The quantitative estimate of drug-likeness (QED) is 0.186. The van der Waals surface area contributed by atoms with Crippen molar-refractivity contribution < 1.29 is 19.0 Å². The number of methoxy groups -OCH3 is 1. The van der Waals surface area contributed by atoms with Crippen molar-refractivity contribution in [1.29, 1.82) is 0 Å². The first-order valence-electron chi connectivity index (χ1n) is 13.9. The number of allylic oxidation sites excluding steroid dienone is 1. The highest BCUT2D eigenvalue weighted by Crippen LogP contribution is 2.38. The highest BCUT2D eigenvalue weighted by molar-refractivity contribution is 7.07. The summed E-state index contributed by atoms with van der Waals surface area (Å²) in [6.07, 6.45) is 3.09. The van der Waals surface area contributed by atoms with Gasteiger partial charge in [0.05, 0.1) is 29.5 Å². The topological polar surface area (TPSA) is 79.1 Å². The number of esters is 1. The molecule has 0 amide bonds. The van der Waals surface area contributed by atoms with Crippen LogP contribution < -0.4 is 24.4 Å². The van der Waals surface area contributed by atoms with E-state index in [4.69, 9.17) is 42.4 Å². The van der Waals surface area contributed by atoms with Crippen molar-refractivity contribution in [2.75, 3.05) is 13.7 Å². The van der Waals surface area contributed by atoms with E-state index in [1.165, 1.54) is 15.9 Å². The number of nitrogens with zero attached hydrogens (tertiary/aromatic N) is 2. The van der Waals surface area contributed by atoms with Crippen LogP contribution in [0.4, 0.5) is 0 Å². The van der Waals surface area contributed by atoms with Crippen LogP contribution >= 0.6 is 34.5 Å². The number of halogens is 2. The molecule has 7 nitrogen and oxygen atoms in total. The predicted octanol–water partition coefficient (Wildman–Crippen LogP) is 6.47. The summed E-state index contributed by atoms with van der Waals surface area (Å²) in [5.41, 5.74) is 2.89. The largest absolute Gasteiger partial charge is 0.496 e. The first kappa shape index (κ1) is 30.6. The van der Waals surface area contributed by atoms with E-state index in [-0.39, 0.29) is 12.2 Å². The smallest absolute Gasteiger partial charge is 0.338 e. The molecule has 0 radical (unpaired) electrons. The van der Waals surface area contributed by atoms with Gasteiger partial charge >= 0.3 is 5.97 Å². The first-order chi connectivity index (χ1) is 20.8. The molecule has 1 aliphatic heterocycles. The van der Waals surface area contributed by atoms with Crippen LogP contribution in [-0.2, 0) is 16.1 Å². The summed E-state index contributed by atoms with van der Waals surface area (Å²) >= 11 is 13.9. The standard InChI is InChI=1S/C33H30Cl2N2O5S/c1-4-8-26-29(32(39)41-5-2)30(24-18-22(34)13-16-27(24)40-3)37-31(38)28(43-33(37)36-26)17-20-11-14-23(15-12-20)42-19-21-9-6-7-10-25(21)35/h6-7,9-18,30H,4-5,8,19H2,1-3H3/b28-17+/t30-/m0/s1. The molecule has 43 heavy (non-hydrogen) atoms. The van der Waals surface area contributed by atoms with E-state index in [1.807, 2.05) is 61.5 Å². The third kappa shape index (κ3) is 6.56. The summed E-state index contributed by atoms with van der Waals surface area (Å²) in [6.45, 7) is 4.28. The summed E-state index contributed by atoms with van der Waals surface area (Å²) in [7, 11) is 1.54. The lowest BCUT2D eigenvalue weighted by Crippen LogP contribution is -2.40. The van der Waals surface area contributed by atoms with Crippen LogP contribution in [0.3, 0.4) is 0 Å². The maximum atomic E-state index is 14.0. The van der Waals surface area contributed by atoms with Gasteiger partial charge in [-0.05, 0) is 61.4 Å². The van der Waals surface area contributed by atoms with Crippen molar-refractivity contribution in [2.45, 2.75) is 39.3 Å². The van der Waals surface area contributed by atoms with Crippen LogP contribution in [0.15, 0.2) is 87.8 Å². The van der Waals surface area contributed by atoms with Gasteiger partial charge in [-0.1, -0.05) is 78.2 Å². The second kappa shape index (κ2) is 13.6. The highest BCUT2D eigenvalue weighted by atomic mass is 35.5. The van der Waals surface area contributed by atoms with E-state index >= 15 is 0 Å². The fraction of sp³-hybridized carbons (Fsp3) is 0.242. The van der Waals surface area contributed by atoms with Crippen molar-refractivity contribution in [2.24, 2.45) is 4.99 Å². The van der Waals surface area contributed by atoms with E-state index in [0.29, 0.717) is 60.7 Å². The van der Waals surface area contributed by atoms with Gasteiger partial charge in [-0.3, -0.25) is 9.36 Å². The molecule has 1 aromatic heterocycles. The molecule has 4 aromatic rings. The Labute approximate surface area is 263 Å². The zero-order valence-corrected chi connectivity index (χ0v) is 26.3. The zero-order valence-electron chi connectivity index (χ0n) is 23.9. The minimum absolute atomic E-state index is 0.184. The summed E-state index contributed by atoms with van der Waals surface area (Å²) in [5, 5.41) is 1.10. The van der Waals surface area contributed by atoms with Crippen LogP contribution in [0.2, 0.25) is 10.0 Å². The Balaban J connectivity index is 1.58. The fourth-order valence-corrected chi connectivity index (χ4v) is 6.31. The van der Waals surface area contributed by atoms with Gasteiger partial charge < -0.3 is 14.2 Å². The SMILES string of the molecule is CCCC1=C(C(=O)OCC)[C@H](c2cc(Cl)ccc2OC)n2c(s/c(=C/c3ccc(OCc4ccccc4Cl)cc3)c2=O)=N1. The number of benzene rings is 3. The normalized spacial score (nSPS) is 14.7. The van der Waals surface area contributed by atoms with E-state index in [0.717, 1.165) is 17.5 Å². The summed E-state index contributed by atoms with van der Waals surface area (Å²) in [6, 6.07) is 19.3. The highest BCUT2D eigenvalue weighted by Gasteiger charge is 2.36. The number of rotatable bonds is 10. The Morgan fingerprint density at radius 1 is 1.07 bits per heavy atom. The lowest BCUT2D eigenvalue weighted by Gasteiger charge is -2.27. The molecule has 0 saturated heterocycles. The number of carbonyl (C=O) groups is 1. The Bertz CT molecular complexity index is 1860. The predicted molar refractivity (Wildman–Crippen MR) is 170 cm³/mol. The molecule has 0 spiro atoms. The van der Waals surface area contributed by atoms with Crippen LogP contribution in [0.25, 0.3) is 6.08 Å². The van der Waals surface area contributed by atoms with Crippen LogP contribution in [0, 0.1) is 0 Å². The molecule has 1 atom stereocenters. The average molecular weight is 638 g/mol. The molecule has 0 bridgehead atoms. The maximum absolute atomic E-state index is 14.0. The second-order valence-electron chi connectivity index (χ2n) is 9.75. The summed E-state index contributed by atoms with van der Waals surface area (Å²) < 4.78 is 19.0. The second-order valence-corrected chi connectivity index (χ2v) is 11.6. The Morgan fingerprint density at radius 3 is 2.53 bits per heavy atom. The molecule has 0 saturated carbocycles. The molecular weight excluding hydrogens is 607 g/mol. The third-order valence-electron chi connectivity index (χ3n) is 6.91. The van der Waals surface area contributed by atoms with Crippen LogP contribution in [-0.4, -0.2) is 24.3 Å². The number of carbonyl (C=O) groups excluding carboxylic acids is 1. The number of hydrogen-bond acceptors (Lipinski definition) is 7. The Morgan fingerprint density at radius 2 is 1.84 bits per heavy atom. The number of aromatic nitrogens is 1. The van der Waals surface area contributed by atoms with Crippen molar-refractivity contribution in [3.63, 3.8) is 0 Å². The Kier molecular flexibility index (Phi) is 9.70. The van der Waals surface area contributed by atoms with E-state index in [1.54, 1.807) is 32.2 Å². The van der Waals surface area contributed by atoms with Crippen LogP contribution in [0.5, 0.6) is 11.5 Å². The summed E-state index contributed by atoms with van der Waals surface area (Å²) in [4.78, 5) is 32.7. The first-order valence-corrected chi connectivity index (χ1v) is 15.4. The average Bonchev–Trinajstić information content (AvgIpc) is 3.31. The molecule has 222 valence electrons. The van der Waals surface area contributed by atoms with E-state index in [2.05, 4.69) is 0 Å². The van der Waals surface area contributed by atoms with Gasteiger partial charge in [-0.15, -0.1) is 0 Å². The minimum atomic E-state index is -0.826. The van der Waals surface area contributed by atoms with E-state index in [9.17, 15) is 9.59 Å². The molecule has 1 aliphatic rings. The number of thiazole rings is 1. The zero-order chi connectivity index (χ0) is 30.5. The van der Waals surface area contributed by atoms with Crippen molar-refractivity contribution in [1.82, 2.24) is 4.57 Å². The molecule has 0 fully saturated rings. The van der Waals surface area contributed by atoms with Crippen LogP contribution in [0.1, 0.15) is 49.4 Å². The lowest BCUT2D eigenvalue weighted by atomic mass is 9.93. The fourth-order valence-electron chi connectivity index (χ4n) is 4.92. The molecule has 2 heterocycles. The van der Waals surface area contributed by atoms with Gasteiger partial charge in [0.15, 0.2) is 4.80 Å². The van der Waals surface area contributed by atoms with Crippen molar-refractivity contribution >= 4 is 46.6 Å². The summed E-state index contributed by atoms with van der Waals surface area (Å²) in [5.74, 6) is 0.647. The molecule has 0 unspecified atom stereocenters. The van der Waals surface area contributed by atoms with Crippen molar-refractivity contribution in [3.8, 4) is 11.5 Å². The molecular formula is C33H30Cl2N2O5S. The third-order valence-corrected chi connectivity index (χ3v) is 8.50. The minimum Gasteiger partial charge on any atom is -0.496 e. The van der Waals surface area contributed by atoms with Gasteiger partial charge in [-0.2, -0.15) is 0 Å². The molecule has 5 rings (SSSR count). The number of fused-ring (bicyclic) bond motifs is 1. The van der Waals surface area contributed by atoms with Crippen molar-refractivity contribution in [3.05, 3.63) is 124 Å². The van der Waals surface area contributed by atoms with E-state index < -0.39 is 12.0 Å². The van der Waals surface area contributed by atoms with Gasteiger partial charge in [0.25, 0.3) is 5.56 Å². The lowest BCUT2D eigenvalue weighted by molar-refractivity contribution is -0.139. The molecule has 3 aromatic carbocycles.